The van der Waals surface area contributed by atoms with Crippen LogP contribution < -0.4 is 0 Å². The molecule has 0 aromatic rings. The summed E-state index contributed by atoms with van der Waals surface area (Å²) in [6, 6.07) is 0. The SMILES string of the molecule is CC(C)CC=C1CCCC1=O. The number of ketones is 1. The van der Waals surface area contributed by atoms with E-state index in [1.54, 1.807) is 0 Å². The highest BCUT2D eigenvalue weighted by atomic mass is 16.1. The molecule has 1 rings (SSSR count). The van der Waals surface area contributed by atoms with Crippen molar-refractivity contribution in [2.45, 2.75) is 39.5 Å². The van der Waals surface area contributed by atoms with Crippen LogP contribution in [0, 0.1) is 5.92 Å². The first kappa shape index (κ1) is 8.51. The normalized spacial score (nSPS) is 22.1. The Morgan fingerprint density at radius 3 is 2.64 bits per heavy atom. The molecule has 0 amide bonds. The lowest BCUT2D eigenvalue weighted by Gasteiger charge is -1.98. The van der Waals surface area contributed by atoms with E-state index in [4.69, 9.17) is 0 Å². The molecule has 1 fully saturated rings. The predicted octanol–water partition coefficient (Wildman–Crippen LogP) is 2.71. The van der Waals surface area contributed by atoms with Crippen LogP contribution in [0.15, 0.2) is 11.6 Å². The maximum absolute atomic E-state index is 11.1. The first-order chi connectivity index (χ1) is 5.20. The smallest absolute Gasteiger partial charge is 0.158 e. The summed E-state index contributed by atoms with van der Waals surface area (Å²) < 4.78 is 0. The second-order valence-corrected chi connectivity index (χ2v) is 3.64. The number of Topliss-reactive ketones (excluding diaryl/α,β-unsaturated/α-hetero) is 1. The van der Waals surface area contributed by atoms with E-state index < -0.39 is 0 Å². The van der Waals surface area contributed by atoms with Crippen LogP contribution in [0.25, 0.3) is 0 Å². The Kier molecular flexibility index (Phi) is 2.86. The molecule has 0 radical (unpaired) electrons. The van der Waals surface area contributed by atoms with E-state index >= 15 is 0 Å². The number of carbonyl (C=O) groups is 1. The minimum Gasteiger partial charge on any atom is -0.295 e. The average molecular weight is 152 g/mol. The highest BCUT2D eigenvalue weighted by Crippen LogP contribution is 2.21. The van der Waals surface area contributed by atoms with Crippen molar-refractivity contribution in [1.82, 2.24) is 0 Å². The fraction of sp³-hybridized carbons (Fsp3) is 0.700. The zero-order chi connectivity index (χ0) is 8.27. The van der Waals surface area contributed by atoms with Gasteiger partial charge in [0.05, 0.1) is 0 Å². The summed E-state index contributed by atoms with van der Waals surface area (Å²) in [5, 5.41) is 0. The zero-order valence-corrected chi connectivity index (χ0v) is 7.39. The molecule has 0 N–H and O–H groups in total. The molecular formula is C10H16O. The lowest BCUT2D eigenvalue weighted by molar-refractivity contribution is -0.114. The van der Waals surface area contributed by atoms with Gasteiger partial charge in [0, 0.05) is 6.42 Å². The van der Waals surface area contributed by atoms with E-state index in [2.05, 4.69) is 19.9 Å². The topological polar surface area (TPSA) is 17.1 Å². The lowest BCUT2D eigenvalue weighted by Crippen LogP contribution is -1.92. The third-order valence-electron chi connectivity index (χ3n) is 2.04. The van der Waals surface area contributed by atoms with Crippen LogP contribution in [0.4, 0.5) is 0 Å². The molecule has 1 aliphatic carbocycles. The maximum atomic E-state index is 11.1. The Bertz CT molecular complexity index is 177. The van der Waals surface area contributed by atoms with Gasteiger partial charge in [-0.1, -0.05) is 19.9 Å². The number of carbonyl (C=O) groups excluding carboxylic acids is 1. The Balaban J connectivity index is 2.45. The van der Waals surface area contributed by atoms with Gasteiger partial charge in [-0.2, -0.15) is 0 Å². The fourth-order valence-corrected chi connectivity index (χ4v) is 1.33. The van der Waals surface area contributed by atoms with E-state index in [0.29, 0.717) is 11.7 Å². The van der Waals surface area contributed by atoms with Crippen molar-refractivity contribution in [3.8, 4) is 0 Å². The highest BCUT2D eigenvalue weighted by Gasteiger charge is 2.15. The van der Waals surface area contributed by atoms with Gasteiger partial charge in [-0.25, -0.2) is 0 Å². The zero-order valence-electron chi connectivity index (χ0n) is 7.39. The van der Waals surface area contributed by atoms with Gasteiger partial charge >= 0.3 is 0 Å². The minimum absolute atomic E-state index is 0.380. The number of hydrogen-bond donors (Lipinski definition) is 0. The molecule has 0 unspecified atom stereocenters. The molecular weight excluding hydrogens is 136 g/mol. The summed E-state index contributed by atoms with van der Waals surface area (Å²) in [6.07, 6.45) is 6.05. The second kappa shape index (κ2) is 3.70. The molecule has 62 valence electrons. The molecule has 1 heteroatoms. The average Bonchev–Trinajstić information content (AvgIpc) is 2.31. The molecule has 0 aromatic heterocycles. The van der Waals surface area contributed by atoms with Crippen molar-refractivity contribution in [2.75, 3.05) is 0 Å². The van der Waals surface area contributed by atoms with E-state index in [9.17, 15) is 4.79 Å². The number of allylic oxidation sites excluding steroid dienone is 2. The molecule has 0 saturated heterocycles. The van der Waals surface area contributed by atoms with Crippen LogP contribution in [-0.2, 0) is 4.79 Å². The van der Waals surface area contributed by atoms with Gasteiger partial charge in [0.2, 0.25) is 0 Å². The molecule has 0 aliphatic heterocycles. The van der Waals surface area contributed by atoms with Gasteiger partial charge in [-0.3, -0.25) is 4.79 Å². The van der Waals surface area contributed by atoms with Crippen LogP contribution in [0.3, 0.4) is 0 Å². The molecule has 11 heavy (non-hydrogen) atoms. The third-order valence-corrected chi connectivity index (χ3v) is 2.04. The summed E-state index contributed by atoms with van der Waals surface area (Å²) in [7, 11) is 0. The standard InChI is InChI=1S/C10H16O/c1-8(2)6-7-9-4-3-5-10(9)11/h7-8H,3-6H2,1-2H3. The first-order valence-corrected chi connectivity index (χ1v) is 4.42. The maximum Gasteiger partial charge on any atom is 0.158 e. The largest absolute Gasteiger partial charge is 0.295 e. The van der Waals surface area contributed by atoms with Crippen LogP contribution in [-0.4, -0.2) is 5.78 Å². The monoisotopic (exact) mass is 152 g/mol. The number of hydrogen-bond acceptors (Lipinski definition) is 1. The molecule has 0 heterocycles. The molecule has 1 aliphatic rings. The van der Waals surface area contributed by atoms with Crippen molar-refractivity contribution in [2.24, 2.45) is 5.92 Å². The third kappa shape index (κ3) is 2.49. The van der Waals surface area contributed by atoms with Crippen LogP contribution in [0.5, 0.6) is 0 Å². The summed E-state index contributed by atoms with van der Waals surface area (Å²) >= 11 is 0. The Morgan fingerprint density at radius 2 is 2.18 bits per heavy atom. The van der Waals surface area contributed by atoms with Crippen molar-refractivity contribution in [3.63, 3.8) is 0 Å². The molecule has 0 aromatic carbocycles. The highest BCUT2D eigenvalue weighted by molar-refractivity contribution is 5.97. The van der Waals surface area contributed by atoms with Crippen molar-refractivity contribution in [3.05, 3.63) is 11.6 Å². The van der Waals surface area contributed by atoms with Crippen molar-refractivity contribution >= 4 is 5.78 Å². The van der Waals surface area contributed by atoms with Gasteiger partial charge in [0.1, 0.15) is 0 Å². The van der Waals surface area contributed by atoms with E-state index in [-0.39, 0.29) is 0 Å². The minimum atomic E-state index is 0.380. The summed E-state index contributed by atoms with van der Waals surface area (Å²) in [5.74, 6) is 1.06. The van der Waals surface area contributed by atoms with Gasteiger partial charge in [0.15, 0.2) is 5.78 Å². The van der Waals surface area contributed by atoms with E-state index in [1.165, 1.54) is 0 Å². The predicted molar refractivity (Wildman–Crippen MR) is 46.4 cm³/mol. The fourth-order valence-electron chi connectivity index (χ4n) is 1.33. The van der Waals surface area contributed by atoms with Gasteiger partial charge < -0.3 is 0 Å². The van der Waals surface area contributed by atoms with Crippen LogP contribution in [0.2, 0.25) is 0 Å². The van der Waals surface area contributed by atoms with Gasteiger partial charge in [0.25, 0.3) is 0 Å². The molecule has 0 spiro atoms. The Labute approximate surface area is 68.5 Å². The quantitative estimate of drug-likeness (QED) is 0.556. The van der Waals surface area contributed by atoms with Gasteiger partial charge in [-0.15, -0.1) is 0 Å². The molecule has 1 saturated carbocycles. The van der Waals surface area contributed by atoms with Crippen LogP contribution in [0.1, 0.15) is 39.5 Å². The number of rotatable bonds is 2. The summed E-state index contributed by atoms with van der Waals surface area (Å²) in [5.41, 5.74) is 1.08. The summed E-state index contributed by atoms with van der Waals surface area (Å²) in [6.45, 7) is 4.35. The molecule has 0 bridgehead atoms. The van der Waals surface area contributed by atoms with Crippen molar-refractivity contribution in [1.29, 1.82) is 0 Å². The Hall–Kier alpha value is -0.590. The molecule has 1 nitrogen and oxygen atoms in total. The van der Waals surface area contributed by atoms with Gasteiger partial charge in [-0.05, 0) is 30.8 Å². The van der Waals surface area contributed by atoms with E-state index in [0.717, 1.165) is 31.3 Å². The summed E-state index contributed by atoms with van der Waals surface area (Å²) in [4.78, 5) is 11.1. The molecule has 0 atom stereocenters. The van der Waals surface area contributed by atoms with Crippen LogP contribution >= 0.6 is 0 Å². The van der Waals surface area contributed by atoms with E-state index in [1.807, 2.05) is 0 Å². The van der Waals surface area contributed by atoms with Crippen molar-refractivity contribution < 1.29 is 4.79 Å². The second-order valence-electron chi connectivity index (χ2n) is 3.64. The lowest BCUT2D eigenvalue weighted by atomic mass is 10.1. The Morgan fingerprint density at radius 1 is 1.45 bits per heavy atom. The first-order valence-electron chi connectivity index (χ1n) is 4.42.